The molecule has 0 fully saturated rings. The van der Waals surface area contributed by atoms with Crippen LogP contribution < -0.4 is 5.32 Å². The lowest BCUT2D eigenvalue weighted by molar-refractivity contribution is -0.148. The highest BCUT2D eigenvalue weighted by Crippen LogP contribution is 2.20. The Balaban J connectivity index is 1.62. The van der Waals surface area contributed by atoms with E-state index in [1.807, 2.05) is 36.4 Å². The van der Waals surface area contributed by atoms with Crippen LogP contribution in [0, 0.1) is 11.3 Å². The summed E-state index contributed by atoms with van der Waals surface area (Å²) in [6.45, 7) is 1.46. The Labute approximate surface area is 172 Å². The van der Waals surface area contributed by atoms with E-state index in [2.05, 4.69) is 10.3 Å². The van der Waals surface area contributed by atoms with Gasteiger partial charge in [-0.2, -0.15) is 5.26 Å². The maximum absolute atomic E-state index is 12.2. The fourth-order valence-electron chi connectivity index (χ4n) is 2.61. The molecule has 7 heteroatoms. The van der Waals surface area contributed by atoms with Crippen LogP contribution in [0.15, 0.2) is 60.8 Å². The van der Waals surface area contributed by atoms with Crippen LogP contribution in [-0.2, 0) is 14.3 Å². The number of carbonyl (C=O) groups excluding carboxylic acids is 2. The highest BCUT2D eigenvalue weighted by Gasteiger charge is 2.17. The highest BCUT2D eigenvalue weighted by atomic mass is 35.5. The van der Waals surface area contributed by atoms with Crippen molar-refractivity contribution in [2.45, 2.75) is 13.0 Å². The van der Waals surface area contributed by atoms with Gasteiger partial charge in [-0.25, -0.2) is 4.79 Å². The molecule has 0 radical (unpaired) electrons. The number of para-hydroxylation sites is 1. The maximum Gasteiger partial charge on any atom is 0.331 e. The molecule has 29 heavy (non-hydrogen) atoms. The number of nitrogens with zero attached hydrogens (tertiary/aromatic N) is 2. The van der Waals surface area contributed by atoms with Crippen LogP contribution in [0.1, 0.15) is 18.1 Å². The number of anilines is 1. The molecule has 1 atom stereocenters. The normalized spacial score (nSPS) is 11.8. The third-order valence-electron chi connectivity index (χ3n) is 4.08. The Morgan fingerprint density at radius 3 is 2.79 bits per heavy atom. The maximum atomic E-state index is 12.2. The zero-order valence-corrected chi connectivity index (χ0v) is 16.2. The van der Waals surface area contributed by atoms with Gasteiger partial charge in [0.25, 0.3) is 5.91 Å². The first kappa shape index (κ1) is 20.1. The lowest BCUT2D eigenvalue weighted by Gasteiger charge is -2.12. The van der Waals surface area contributed by atoms with E-state index < -0.39 is 18.0 Å². The average Bonchev–Trinajstić information content (AvgIpc) is 2.72. The summed E-state index contributed by atoms with van der Waals surface area (Å²) in [4.78, 5) is 28.6. The number of nitrogens with one attached hydrogen (secondary N) is 1. The number of benzene rings is 2. The molecular weight excluding hydrogens is 390 g/mol. The van der Waals surface area contributed by atoms with Crippen LogP contribution in [-0.4, -0.2) is 23.0 Å². The van der Waals surface area contributed by atoms with Crippen molar-refractivity contribution < 1.29 is 14.3 Å². The number of ether oxygens (including phenoxy) is 1. The Morgan fingerprint density at radius 1 is 1.24 bits per heavy atom. The molecule has 0 saturated heterocycles. The first-order valence-electron chi connectivity index (χ1n) is 8.71. The SMILES string of the molecule is CC(OC(=O)/C=C/c1cccc2cccnc12)C(=O)Nc1ccc(C#N)c(Cl)c1. The van der Waals surface area contributed by atoms with Crippen molar-refractivity contribution in [3.05, 3.63) is 77.0 Å². The van der Waals surface area contributed by atoms with Crippen LogP contribution in [0.2, 0.25) is 5.02 Å². The van der Waals surface area contributed by atoms with E-state index in [-0.39, 0.29) is 5.02 Å². The number of aromatic nitrogens is 1. The van der Waals surface area contributed by atoms with Gasteiger partial charge in [-0.15, -0.1) is 0 Å². The summed E-state index contributed by atoms with van der Waals surface area (Å²) >= 11 is 5.94. The van der Waals surface area contributed by atoms with Crippen LogP contribution in [0.3, 0.4) is 0 Å². The number of pyridine rings is 1. The number of nitriles is 1. The molecule has 3 aromatic rings. The van der Waals surface area contributed by atoms with E-state index in [9.17, 15) is 9.59 Å². The Hall–Kier alpha value is -3.69. The fourth-order valence-corrected chi connectivity index (χ4v) is 2.84. The summed E-state index contributed by atoms with van der Waals surface area (Å²) in [6, 6.07) is 15.8. The van der Waals surface area contributed by atoms with Crippen LogP contribution in [0.25, 0.3) is 17.0 Å². The van der Waals surface area contributed by atoms with Crippen LogP contribution in [0.4, 0.5) is 5.69 Å². The van der Waals surface area contributed by atoms with Gasteiger partial charge in [-0.1, -0.05) is 35.9 Å². The number of hydrogen-bond donors (Lipinski definition) is 1. The van der Waals surface area contributed by atoms with Gasteiger partial charge in [-0.3, -0.25) is 9.78 Å². The molecule has 2 aromatic carbocycles. The predicted octanol–water partition coefficient (Wildman–Crippen LogP) is 4.34. The van der Waals surface area contributed by atoms with E-state index >= 15 is 0 Å². The zero-order chi connectivity index (χ0) is 20.8. The second-order valence-electron chi connectivity index (χ2n) is 6.13. The van der Waals surface area contributed by atoms with Crippen molar-refractivity contribution in [3.8, 4) is 6.07 Å². The largest absolute Gasteiger partial charge is 0.449 e. The quantitative estimate of drug-likeness (QED) is 0.503. The number of amides is 1. The minimum Gasteiger partial charge on any atom is -0.449 e. The van der Waals surface area contributed by atoms with Crippen molar-refractivity contribution in [1.82, 2.24) is 4.98 Å². The molecule has 1 N–H and O–H groups in total. The number of halogens is 1. The molecule has 0 spiro atoms. The summed E-state index contributed by atoms with van der Waals surface area (Å²) in [5.74, 6) is -1.17. The molecule has 0 aliphatic rings. The summed E-state index contributed by atoms with van der Waals surface area (Å²) in [7, 11) is 0. The van der Waals surface area contributed by atoms with Crippen molar-refractivity contribution in [1.29, 1.82) is 5.26 Å². The third kappa shape index (κ3) is 4.98. The molecule has 6 nitrogen and oxygen atoms in total. The van der Waals surface area contributed by atoms with E-state index in [1.54, 1.807) is 18.3 Å². The molecule has 1 amide bonds. The smallest absolute Gasteiger partial charge is 0.331 e. The topological polar surface area (TPSA) is 92.1 Å². The molecule has 1 unspecified atom stereocenters. The summed E-state index contributed by atoms with van der Waals surface area (Å²) in [6.07, 6.45) is 3.51. The number of fused-ring (bicyclic) bond motifs is 1. The molecule has 3 rings (SSSR count). The molecule has 0 bridgehead atoms. The fraction of sp³-hybridized carbons (Fsp3) is 0.0909. The van der Waals surface area contributed by atoms with Gasteiger partial charge >= 0.3 is 5.97 Å². The summed E-state index contributed by atoms with van der Waals surface area (Å²) in [5.41, 5.74) is 2.24. The Bertz CT molecular complexity index is 1150. The predicted molar refractivity (Wildman–Crippen MR) is 111 cm³/mol. The number of esters is 1. The lowest BCUT2D eigenvalue weighted by Crippen LogP contribution is -2.29. The van der Waals surface area contributed by atoms with Crippen molar-refractivity contribution in [2.24, 2.45) is 0 Å². The van der Waals surface area contributed by atoms with Crippen LogP contribution in [0.5, 0.6) is 0 Å². The first-order chi connectivity index (χ1) is 14.0. The van der Waals surface area contributed by atoms with Gasteiger partial charge < -0.3 is 10.1 Å². The average molecular weight is 406 g/mol. The number of carbonyl (C=O) groups is 2. The summed E-state index contributed by atoms with van der Waals surface area (Å²) < 4.78 is 5.15. The van der Waals surface area contributed by atoms with E-state index in [4.69, 9.17) is 21.6 Å². The van der Waals surface area contributed by atoms with Crippen molar-refractivity contribution in [2.75, 3.05) is 5.32 Å². The first-order valence-corrected chi connectivity index (χ1v) is 9.08. The lowest BCUT2D eigenvalue weighted by atomic mass is 10.1. The van der Waals surface area contributed by atoms with Gasteiger partial charge in [0.05, 0.1) is 16.1 Å². The van der Waals surface area contributed by atoms with Gasteiger partial charge in [0, 0.05) is 28.9 Å². The third-order valence-corrected chi connectivity index (χ3v) is 4.39. The van der Waals surface area contributed by atoms with Gasteiger partial charge in [0.1, 0.15) is 6.07 Å². The number of rotatable bonds is 5. The second-order valence-corrected chi connectivity index (χ2v) is 6.54. The monoisotopic (exact) mass is 405 g/mol. The summed E-state index contributed by atoms with van der Waals surface area (Å²) in [5, 5.41) is 12.7. The molecule has 0 aliphatic heterocycles. The van der Waals surface area contributed by atoms with E-state index in [0.717, 1.165) is 16.5 Å². The molecule has 0 aliphatic carbocycles. The minimum absolute atomic E-state index is 0.224. The number of hydrogen-bond acceptors (Lipinski definition) is 5. The molecule has 144 valence electrons. The molecule has 0 saturated carbocycles. The minimum atomic E-state index is -1.02. The van der Waals surface area contributed by atoms with Crippen molar-refractivity contribution in [3.63, 3.8) is 0 Å². The van der Waals surface area contributed by atoms with Gasteiger partial charge in [0.15, 0.2) is 6.10 Å². The standard InChI is InChI=1S/C22H16ClN3O3/c1-14(22(28)26-18-9-7-17(13-24)19(23)12-18)29-20(27)10-8-16-5-2-4-15-6-3-11-25-21(15)16/h2-12,14H,1H3,(H,26,28)/b10-8+. The van der Waals surface area contributed by atoms with E-state index in [1.165, 1.54) is 25.1 Å². The van der Waals surface area contributed by atoms with Gasteiger partial charge in [-0.05, 0) is 37.3 Å². The second kappa shape index (κ2) is 9.00. The van der Waals surface area contributed by atoms with Gasteiger partial charge in [0.2, 0.25) is 0 Å². The molecular formula is C22H16ClN3O3. The Morgan fingerprint density at radius 2 is 2.03 bits per heavy atom. The highest BCUT2D eigenvalue weighted by molar-refractivity contribution is 6.32. The van der Waals surface area contributed by atoms with E-state index in [0.29, 0.717) is 11.3 Å². The molecule has 1 aromatic heterocycles. The van der Waals surface area contributed by atoms with Crippen LogP contribution >= 0.6 is 11.6 Å². The zero-order valence-electron chi connectivity index (χ0n) is 15.4. The van der Waals surface area contributed by atoms with Crippen molar-refractivity contribution >= 4 is 46.1 Å². The Kier molecular flexibility index (Phi) is 6.22. The molecule has 1 heterocycles.